The topological polar surface area (TPSA) is 38.5 Å². The number of nitrogens with two attached hydrogens (primary N) is 1. The molecule has 0 bridgehead atoms. The third kappa shape index (κ3) is 3.56. The molecular weight excluding hydrogens is 176 g/mol. The van der Waals surface area contributed by atoms with E-state index in [-0.39, 0.29) is 17.2 Å². The van der Waals surface area contributed by atoms with Crippen molar-refractivity contribution in [3.05, 3.63) is 0 Å². The summed E-state index contributed by atoms with van der Waals surface area (Å²) in [6.45, 7) is 13.5. The number of hydrogen-bond donors (Lipinski definition) is 1. The summed E-state index contributed by atoms with van der Waals surface area (Å²) in [6.07, 6.45) is 0. The SMILES string of the molecule is CC(N)CN1CC(C)(C)OC(C)(C)C1. The average molecular weight is 200 g/mol. The Hall–Kier alpha value is -0.120. The lowest BCUT2D eigenvalue weighted by Crippen LogP contribution is -2.58. The van der Waals surface area contributed by atoms with Crippen LogP contribution in [0.1, 0.15) is 34.6 Å². The lowest BCUT2D eigenvalue weighted by atomic mass is 9.98. The Kier molecular flexibility index (Phi) is 3.24. The van der Waals surface area contributed by atoms with Crippen LogP contribution in [0.5, 0.6) is 0 Å². The molecule has 1 rings (SSSR count). The van der Waals surface area contributed by atoms with Gasteiger partial charge >= 0.3 is 0 Å². The van der Waals surface area contributed by atoms with Gasteiger partial charge in [0.05, 0.1) is 11.2 Å². The van der Waals surface area contributed by atoms with E-state index in [1.165, 1.54) is 0 Å². The Morgan fingerprint density at radius 2 is 1.64 bits per heavy atom. The summed E-state index contributed by atoms with van der Waals surface area (Å²) in [7, 11) is 0. The van der Waals surface area contributed by atoms with Gasteiger partial charge in [-0.3, -0.25) is 4.90 Å². The molecule has 3 nitrogen and oxygen atoms in total. The molecule has 1 heterocycles. The molecule has 1 unspecified atom stereocenters. The summed E-state index contributed by atoms with van der Waals surface area (Å²) >= 11 is 0. The maximum absolute atomic E-state index is 5.99. The third-order valence-corrected chi connectivity index (χ3v) is 2.31. The van der Waals surface area contributed by atoms with Crippen molar-refractivity contribution in [2.24, 2.45) is 5.73 Å². The fourth-order valence-electron chi connectivity index (χ4n) is 2.48. The lowest BCUT2D eigenvalue weighted by Gasteiger charge is -2.47. The highest BCUT2D eigenvalue weighted by Crippen LogP contribution is 2.27. The second-order valence-corrected chi connectivity index (χ2v) is 5.77. The van der Waals surface area contributed by atoms with Gasteiger partial charge < -0.3 is 10.5 Å². The van der Waals surface area contributed by atoms with Crippen molar-refractivity contribution in [2.75, 3.05) is 19.6 Å². The summed E-state index contributed by atoms with van der Waals surface area (Å²) in [5, 5.41) is 0. The molecule has 1 aliphatic heterocycles. The first kappa shape index (κ1) is 12.0. The monoisotopic (exact) mass is 200 g/mol. The number of ether oxygens (including phenoxy) is 1. The summed E-state index contributed by atoms with van der Waals surface area (Å²) < 4.78 is 5.99. The zero-order valence-electron chi connectivity index (χ0n) is 10.1. The van der Waals surface area contributed by atoms with Gasteiger partial charge in [-0.2, -0.15) is 0 Å². The number of hydrogen-bond acceptors (Lipinski definition) is 3. The molecule has 0 aromatic rings. The van der Waals surface area contributed by atoms with Gasteiger partial charge in [0.1, 0.15) is 0 Å². The summed E-state index contributed by atoms with van der Waals surface area (Å²) in [5.41, 5.74) is 5.70. The fourth-order valence-corrected chi connectivity index (χ4v) is 2.48. The Morgan fingerprint density at radius 1 is 1.21 bits per heavy atom. The molecule has 3 heteroatoms. The van der Waals surface area contributed by atoms with Crippen LogP contribution < -0.4 is 5.73 Å². The first-order valence-electron chi connectivity index (χ1n) is 5.38. The van der Waals surface area contributed by atoms with E-state index in [9.17, 15) is 0 Å². The molecule has 0 aromatic carbocycles. The first-order chi connectivity index (χ1) is 6.20. The van der Waals surface area contributed by atoms with Crippen LogP contribution in [0.3, 0.4) is 0 Å². The molecule has 84 valence electrons. The van der Waals surface area contributed by atoms with Crippen LogP contribution >= 0.6 is 0 Å². The van der Waals surface area contributed by atoms with Crippen molar-refractivity contribution in [3.8, 4) is 0 Å². The van der Waals surface area contributed by atoms with Crippen LogP contribution in [0, 0.1) is 0 Å². The predicted octanol–water partition coefficient (Wildman–Crippen LogP) is 1.22. The molecule has 1 fully saturated rings. The van der Waals surface area contributed by atoms with E-state index in [0.717, 1.165) is 19.6 Å². The highest BCUT2D eigenvalue weighted by molar-refractivity contribution is 4.89. The number of nitrogens with zero attached hydrogens (tertiary/aromatic N) is 1. The van der Waals surface area contributed by atoms with Gasteiger partial charge in [-0.15, -0.1) is 0 Å². The van der Waals surface area contributed by atoms with Crippen molar-refractivity contribution < 1.29 is 4.74 Å². The van der Waals surface area contributed by atoms with Crippen LogP contribution in [0.25, 0.3) is 0 Å². The molecule has 2 N–H and O–H groups in total. The molecule has 1 saturated heterocycles. The smallest absolute Gasteiger partial charge is 0.0760 e. The molecule has 1 atom stereocenters. The highest BCUT2D eigenvalue weighted by Gasteiger charge is 2.37. The van der Waals surface area contributed by atoms with Crippen LogP contribution in [0.15, 0.2) is 0 Å². The Labute approximate surface area is 87.6 Å². The molecule has 0 saturated carbocycles. The third-order valence-electron chi connectivity index (χ3n) is 2.31. The summed E-state index contributed by atoms with van der Waals surface area (Å²) in [5.74, 6) is 0. The fraction of sp³-hybridized carbons (Fsp3) is 1.00. The zero-order chi connectivity index (χ0) is 11.0. The van der Waals surface area contributed by atoms with Crippen LogP contribution in [-0.2, 0) is 4.74 Å². The molecular formula is C11H24N2O. The maximum Gasteiger partial charge on any atom is 0.0760 e. The summed E-state index contributed by atoms with van der Waals surface area (Å²) in [4.78, 5) is 2.40. The largest absolute Gasteiger partial charge is 0.367 e. The van der Waals surface area contributed by atoms with Gasteiger partial charge in [0.15, 0.2) is 0 Å². The Morgan fingerprint density at radius 3 is 2.00 bits per heavy atom. The molecule has 0 aliphatic carbocycles. The van der Waals surface area contributed by atoms with Crippen LogP contribution in [0.2, 0.25) is 0 Å². The predicted molar refractivity (Wildman–Crippen MR) is 59.3 cm³/mol. The maximum atomic E-state index is 5.99. The minimum Gasteiger partial charge on any atom is -0.367 e. The quantitative estimate of drug-likeness (QED) is 0.728. The number of rotatable bonds is 2. The standard InChI is InChI=1S/C11H24N2O/c1-9(12)6-13-7-10(2,3)14-11(4,5)8-13/h9H,6-8,12H2,1-5H3. The van der Waals surface area contributed by atoms with E-state index in [2.05, 4.69) is 39.5 Å². The second-order valence-electron chi connectivity index (χ2n) is 5.77. The van der Waals surface area contributed by atoms with E-state index < -0.39 is 0 Å². The van der Waals surface area contributed by atoms with Crippen molar-refractivity contribution in [1.29, 1.82) is 0 Å². The van der Waals surface area contributed by atoms with Crippen LogP contribution in [0.4, 0.5) is 0 Å². The van der Waals surface area contributed by atoms with Gasteiger partial charge in [-0.05, 0) is 34.6 Å². The zero-order valence-corrected chi connectivity index (χ0v) is 10.1. The van der Waals surface area contributed by atoms with E-state index in [4.69, 9.17) is 10.5 Å². The van der Waals surface area contributed by atoms with E-state index in [0.29, 0.717) is 0 Å². The van der Waals surface area contributed by atoms with Gasteiger partial charge in [0.25, 0.3) is 0 Å². The van der Waals surface area contributed by atoms with Gasteiger partial charge in [0.2, 0.25) is 0 Å². The van der Waals surface area contributed by atoms with Gasteiger partial charge in [-0.25, -0.2) is 0 Å². The van der Waals surface area contributed by atoms with Crippen molar-refractivity contribution in [3.63, 3.8) is 0 Å². The lowest BCUT2D eigenvalue weighted by molar-refractivity contribution is -0.180. The normalized spacial score (nSPS) is 28.7. The van der Waals surface area contributed by atoms with Crippen LogP contribution in [-0.4, -0.2) is 41.8 Å². The minimum atomic E-state index is -0.0589. The molecule has 14 heavy (non-hydrogen) atoms. The first-order valence-corrected chi connectivity index (χ1v) is 5.38. The molecule has 0 aromatic heterocycles. The van der Waals surface area contributed by atoms with Gasteiger partial charge in [-0.1, -0.05) is 0 Å². The highest BCUT2D eigenvalue weighted by atomic mass is 16.5. The molecule has 0 amide bonds. The van der Waals surface area contributed by atoms with Crippen molar-refractivity contribution in [1.82, 2.24) is 4.90 Å². The molecule has 0 radical (unpaired) electrons. The Bertz CT molecular complexity index is 183. The van der Waals surface area contributed by atoms with Crippen molar-refractivity contribution >= 4 is 0 Å². The van der Waals surface area contributed by atoms with Gasteiger partial charge in [0, 0.05) is 25.7 Å². The van der Waals surface area contributed by atoms with E-state index >= 15 is 0 Å². The van der Waals surface area contributed by atoms with Crippen molar-refractivity contribution in [2.45, 2.75) is 51.9 Å². The second kappa shape index (κ2) is 3.80. The van der Waals surface area contributed by atoms with E-state index in [1.807, 2.05) is 0 Å². The van der Waals surface area contributed by atoms with E-state index in [1.54, 1.807) is 0 Å². The minimum absolute atomic E-state index is 0.0589. The Balaban J connectivity index is 2.62. The average Bonchev–Trinajstić information content (AvgIpc) is 1.74. The molecule has 0 spiro atoms. The molecule has 1 aliphatic rings. The summed E-state index contributed by atoms with van der Waals surface area (Å²) in [6, 6.07) is 0.236. The number of morpholine rings is 1.